The summed E-state index contributed by atoms with van der Waals surface area (Å²) in [7, 11) is 0. The molecular formula is C10H9BrClN3. The van der Waals surface area contributed by atoms with E-state index < -0.39 is 0 Å². The van der Waals surface area contributed by atoms with E-state index in [0.29, 0.717) is 5.15 Å². The molecule has 2 heterocycles. The molecule has 2 rings (SSSR count). The van der Waals surface area contributed by atoms with Crippen LogP contribution in [0.25, 0.3) is 11.7 Å². The minimum Gasteiger partial charge on any atom is -0.222 e. The Morgan fingerprint density at radius 1 is 1.53 bits per heavy atom. The summed E-state index contributed by atoms with van der Waals surface area (Å²) in [5, 5.41) is 5.61. The van der Waals surface area contributed by atoms with Crippen LogP contribution in [0.2, 0.25) is 5.15 Å². The van der Waals surface area contributed by atoms with Gasteiger partial charge < -0.3 is 0 Å². The van der Waals surface area contributed by atoms with Gasteiger partial charge in [-0.25, -0.2) is 9.50 Å². The van der Waals surface area contributed by atoms with Crippen molar-refractivity contribution in [2.45, 2.75) is 6.42 Å². The third-order valence-corrected chi connectivity index (χ3v) is 2.60. The van der Waals surface area contributed by atoms with Crippen LogP contribution in [0, 0.1) is 0 Å². The van der Waals surface area contributed by atoms with E-state index in [1.54, 1.807) is 23.0 Å². The van der Waals surface area contributed by atoms with Crippen LogP contribution >= 0.6 is 27.5 Å². The molecule has 0 aliphatic heterocycles. The van der Waals surface area contributed by atoms with E-state index in [1.807, 2.05) is 6.08 Å². The predicted octanol–water partition coefficient (Wildman–Crippen LogP) is 3.18. The molecule has 0 spiro atoms. The summed E-state index contributed by atoms with van der Waals surface area (Å²) in [4.78, 5) is 4.22. The second kappa shape index (κ2) is 4.77. The Labute approximate surface area is 101 Å². The van der Waals surface area contributed by atoms with Crippen LogP contribution in [0.1, 0.15) is 12.0 Å². The molecule has 2 aromatic rings. The molecule has 0 fully saturated rings. The van der Waals surface area contributed by atoms with Crippen LogP contribution in [0.5, 0.6) is 0 Å². The molecule has 3 nitrogen and oxygen atoms in total. The second-order valence-electron chi connectivity index (χ2n) is 3.00. The third-order valence-electron chi connectivity index (χ3n) is 1.94. The van der Waals surface area contributed by atoms with Gasteiger partial charge in [0.15, 0.2) is 5.65 Å². The van der Waals surface area contributed by atoms with Crippen LogP contribution in [-0.4, -0.2) is 19.9 Å². The summed E-state index contributed by atoms with van der Waals surface area (Å²) in [5.41, 5.74) is 1.77. The predicted molar refractivity (Wildman–Crippen MR) is 65.4 cm³/mol. The number of halogens is 2. The van der Waals surface area contributed by atoms with Crippen LogP contribution in [0.15, 0.2) is 24.5 Å². The summed E-state index contributed by atoms with van der Waals surface area (Å²) in [6.45, 7) is 0. The summed E-state index contributed by atoms with van der Waals surface area (Å²) in [6, 6.07) is 1.72. The molecule has 78 valence electrons. The van der Waals surface area contributed by atoms with Gasteiger partial charge in [-0.15, -0.1) is 0 Å². The third kappa shape index (κ3) is 2.38. The largest absolute Gasteiger partial charge is 0.222 e. The Morgan fingerprint density at radius 2 is 2.40 bits per heavy atom. The van der Waals surface area contributed by atoms with E-state index in [0.717, 1.165) is 23.0 Å². The lowest BCUT2D eigenvalue weighted by atomic mass is 10.3. The van der Waals surface area contributed by atoms with Crippen molar-refractivity contribution in [1.82, 2.24) is 14.6 Å². The number of rotatable bonds is 3. The molecule has 0 N–H and O–H groups in total. The highest BCUT2D eigenvalue weighted by Gasteiger charge is 2.02. The monoisotopic (exact) mass is 285 g/mol. The van der Waals surface area contributed by atoms with Gasteiger partial charge in [0.05, 0.1) is 6.20 Å². The van der Waals surface area contributed by atoms with E-state index in [9.17, 15) is 0 Å². The molecule has 0 saturated heterocycles. The zero-order valence-corrected chi connectivity index (χ0v) is 10.2. The quantitative estimate of drug-likeness (QED) is 0.641. The fourth-order valence-electron chi connectivity index (χ4n) is 1.26. The number of aromatic nitrogens is 3. The highest BCUT2D eigenvalue weighted by molar-refractivity contribution is 9.09. The Hall–Kier alpha value is -0.870. The fraction of sp³-hybridized carbons (Fsp3) is 0.200. The maximum atomic E-state index is 5.83. The number of alkyl halides is 1. The topological polar surface area (TPSA) is 30.2 Å². The van der Waals surface area contributed by atoms with Gasteiger partial charge >= 0.3 is 0 Å². The van der Waals surface area contributed by atoms with Crippen molar-refractivity contribution in [3.8, 4) is 0 Å². The average Bonchev–Trinajstić information content (AvgIpc) is 2.62. The number of hydrogen-bond acceptors (Lipinski definition) is 2. The minimum absolute atomic E-state index is 0.484. The zero-order valence-electron chi connectivity index (χ0n) is 7.90. The zero-order chi connectivity index (χ0) is 10.7. The average molecular weight is 287 g/mol. The van der Waals surface area contributed by atoms with E-state index in [-0.39, 0.29) is 0 Å². The second-order valence-corrected chi connectivity index (χ2v) is 4.18. The summed E-state index contributed by atoms with van der Waals surface area (Å²) >= 11 is 9.19. The molecule has 0 saturated carbocycles. The maximum absolute atomic E-state index is 5.83. The van der Waals surface area contributed by atoms with Crippen molar-refractivity contribution in [2.24, 2.45) is 0 Å². The van der Waals surface area contributed by atoms with Crippen molar-refractivity contribution >= 4 is 39.3 Å². The number of allylic oxidation sites excluding steroid dienone is 1. The molecule has 15 heavy (non-hydrogen) atoms. The van der Waals surface area contributed by atoms with Crippen LogP contribution in [0.4, 0.5) is 0 Å². The van der Waals surface area contributed by atoms with Crippen molar-refractivity contribution in [2.75, 3.05) is 5.33 Å². The lowest BCUT2D eigenvalue weighted by Crippen LogP contribution is -1.88. The van der Waals surface area contributed by atoms with E-state index >= 15 is 0 Å². The van der Waals surface area contributed by atoms with Crippen LogP contribution in [0.3, 0.4) is 0 Å². The fourth-order valence-corrected chi connectivity index (χ4v) is 1.66. The van der Waals surface area contributed by atoms with Gasteiger partial charge in [0, 0.05) is 17.1 Å². The first kappa shape index (κ1) is 10.6. The molecule has 2 aromatic heterocycles. The highest BCUT2D eigenvalue weighted by Crippen LogP contribution is 2.13. The Bertz CT molecular complexity index is 492. The van der Waals surface area contributed by atoms with Gasteiger partial charge in [-0.1, -0.05) is 39.7 Å². The Morgan fingerprint density at radius 3 is 3.20 bits per heavy atom. The molecule has 0 bridgehead atoms. The van der Waals surface area contributed by atoms with Crippen molar-refractivity contribution < 1.29 is 0 Å². The van der Waals surface area contributed by atoms with Crippen molar-refractivity contribution in [1.29, 1.82) is 0 Å². The number of fused-ring (bicyclic) bond motifs is 1. The minimum atomic E-state index is 0.484. The Kier molecular flexibility index (Phi) is 3.38. The molecule has 0 unspecified atom stereocenters. The molecule has 0 radical (unpaired) electrons. The van der Waals surface area contributed by atoms with Gasteiger partial charge in [-0.3, -0.25) is 0 Å². The first-order chi connectivity index (χ1) is 7.31. The number of nitrogens with zero attached hydrogens (tertiary/aromatic N) is 3. The summed E-state index contributed by atoms with van der Waals surface area (Å²) < 4.78 is 1.71. The molecular weight excluding hydrogens is 277 g/mol. The van der Waals surface area contributed by atoms with Crippen molar-refractivity contribution in [3.05, 3.63) is 35.3 Å². The molecule has 0 aromatic carbocycles. The summed E-state index contributed by atoms with van der Waals surface area (Å²) in [5.74, 6) is 0. The van der Waals surface area contributed by atoms with E-state index in [1.165, 1.54) is 0 Å². The van der Waals surface area contributed by atoms with Gasteiger partial charge in [0.2, 0.25) is 0 Å². The molecule has 0 aliphatic rings. The number of hydrogen-bond donors (Lipinski definition) is 0. The van der Waals surface area contributed by atoms with Gasteiger partial charge in [-0.05, 0) is 12.5 Å². The first-order valence-corrected chi connectivity index (χ1v) is 6.03. The van der Waals surface area contributed by atoms with Crippen molar-refractivity contribution in [3.63, 3.8) is 0 Å². The van der Waals surface area contributed by atoms with Gasteiger partial charge in [0.25, 0.3) is 0 Å². The summed E-state index contributed by atoms with van der Waals surface area (Å²) in [6.07, 6.45) is 8.65. The van der Waals surface area contributed by atoms with E-state index in [4.69, 9.17) is 11.6 Å². The Balaban J connectivity index is 2.39. The van der Waals surface area contributed by atoms with Gasteiger partial charge in [0.1, 0.15) is 5.15 Å². The van der Waals surface area contributed by atoms with Gasteiger partial charge in [-0.2, -0.15) is 5.10 Å². The lowest BCUT2D eigenvalue weighted by Gasteiger charge is -1.93. The molecule has 0 aliphatic carbocycles. The molecule has 0 amide bonds. The first-order valence-electron chi connectivity index (χ1n) is 4.53. The van der Waals surface area contributed by atoms with E-state index in [2.05, 4.69) is 32.1 Å². The standard InChI is InChI=1S/C10H9BrClN3/c11-5-2-1-3-8-7-13-15-6-4-9(12)14-10(8)15/h1,3-4,6-7H,2,5H2. The molecule has 5 heteroatoms. The SMILES string of the molecule is Clc1ccn2ncc(C=CCCBr)c2n1. The normalized spacial score (nSPS) is 11.6. The van der Waals surface area contributed by atoms with Crippen LogP contribution in [-0.2, 0) is 0 Å². The highest BCUT2D eigenvalue weighted by atomic mass is 79.9. The lowest BCUT2D eigenvalue weighted by molar-refractivity contribution is 0.939. The maximum Gasteiger partial charge on any atom is 0.163 e. The smallest absolute Gasteiger partial charge is 0.163 e. The van der Waals surface area contributed by atoms with Crippen LogP contribution < -0.4 is 0 Å². The molecule has 0 atom stereocenters.